The van der Waals surface area contributed by atoms with E-state index in [0.29, 0.717) is 0 Å². The Morgan fingerprint density at radius 1 is 1.13 bits per heavy atom. The van der Waals surface area contributed by atoms with Gasteiger partial charge < -0.3 is 0 Å². The van der Waals surface area contributed by atoms with Gasteiger partial charge in [-0.05, 0) is 18.4 Å². The van der Waals surface area contributed by atoms with Crippen LogP contribution in [0.25, 0.3) is 0 Å². The minimum absolute atomic E-state index is 0.100. The summed E-state index contributed by atoms with van der Waals surface area (Å²) in [7, 11) is 0. The first-order valence-corrected chi connectivity index (χ1v) is 5.47. The Balaban J connectivity index is 2.22. The van der Waals surface area contributed by atoms with Gasteiger partial charge in [-0.25, -0.2) is 0 Å². The Labute approximate surface area is 89.3 Å². The molecule has 1 aliphatic carbocycles. The zero-order valence-corrected chi connectivity index (χ0v) is 8.63. The van der Waals surface area contributed by atoms with Crippen LogP contribution in [0.5, 0.6) is 0 Å². The van der Waals surface area contributed by atoms with Crippen LogP contribution in [0.3, 0.4) is 0 Å². The molecule has 1 aromatic rings. The van der Waals surface area contributed by atoms with Crippen molar-refractivity contribution in [3.63, 3.8) is 0 Å². The zero-order valence-electron chi connectivity index (χ0n) is 8.63. The second kappa shape index (κ2) is 4.43. The fraction of sp³-hybridized carbons (Fsp3) is 0.500. The Hall–Kier alpha value is -1.38. The third kappa shape index (κ3) is 2.17. The summed E-state index contributed by atoms with van der Waals surface area (Å²) in [5.41, 5.74) is 1.12. The highest BCUT2D eigenvalue weighted by molar-refractivity contribution is 5.21. The quantitative estimate of drug-likeness (QED) is 0.550. The van der Waals surface area contributed by atoms with Crippen LogP contribution in [0.15, 0.2) is 30.3 Å². The van der Waals surface area contributed by atoms with Gasteiger partial charge in [-0.1, -0.05) is 36.8 Å². The van der Waals surface area contributed by atoms with Gasteiger partial charge in [0.2, 0.25) is 6.04 Å². The number of nitrogens with zero attached hydrogens (tertiary/aromatic N) is 1. The zero-order chi connectivity index (χ0) is 10.7. The van der Waals surface area contributed by atoms with Crippen LogP contribution < -0.4 is 0 Å². The van der Waals surface area contributed by atoms with E-state index in [4.69, 9.17) is 0 Å². The number of nitro groups is 1. The molecule has 0 unspecified atom stereocenters. The van der Waals surface area contributed by atoms with E-state index in [2.05, 4.69) is 0 Å². The molecule has 0 aromatic heterocycles. The van der Waals surface area contributed by atoms with Crippen molar-refractivity contribution >= 4 is 0 Å². The molecule has 0 saturated heterocycles. The smallest absolute Gasteiger partial charge is 0.219 e. The van der Waals surface area contributed by atoms with Gasteiger partial charge in [0.15, 0.2) is 0 Å². The largest absolute Gasteiger partial charge is 0.264 e. The van der Waals surface area contributed by atoms with E-state index in [1.165, 1.54) is 0 Å². The van der Waals surface area contributed by atoms with Crippen molar-refractivity contribution in [1.82, 2.24) is 0 Å². The Kier molecular flexibility index (Phi) is 2.99. The fourth-order valence-electron chi connectivity index (χ4n) is 2.45. The maximum absolute atomic E-state index is 10.9. The molecule has 1 aromatic carbocycles. The second-order valence-corrected chi connectivity index (χ2v) is 4.15. The van der Waals surface area contributed by atoms with E-state index in [9.17, 15) is 10.1 Å². The molecule has 1 aliphatic rings. The van der Waals surface area contributed by atoms with Crippen LogP contribution in [0.2, 0.25) is 0 Å². The molecule has 0 spiro atoms. The lowest BCUT2D eigenvalue weighted by molar-refractivity contribution is -0.530. The van der Waals surface area contributed by atoms with Gasteiger partial charge in [0.1, 0.15) is 0 Å². The average molecular weight is 205 g/mol. The highest BCUT2D eigenvalue weighted by atomic mass is 16.6. The first kappa shape index (κ1) is 10.1. The Morgan fingerprint density at radius 3 is 2.47 bits per heavy atom. The van der Waals surface area contributed by atoms with Gasteiger partial charge in [0.25, 0.3) is 0 Å². The summed E-state index contributed by atoms with van der Waals surface area (Å²) in [6, 6.07) is 9.51. The van der Waals surface area contributed by atoms with Crippen molar-refractivity contribution in [3.05, 3.63) is 46.0 Å². The lowest BCUT2D eigenvalue weighted by atomic mass is 9.80. The second-order valence-electron chi connectivity index (χ2n) is 4.15. The molecule has 0 aliphatic heterocycles. The summed E-state index contributed by atoms with van der Waals surface area (Å²) in [6.45, 7) is 0. The standard InChI is InChI=1S/C12H15NO2/c14-13(15)12-9-5-4-8-11(12)10-6-2-1-3-7-10/h1-3,6-7,11-12H,4-5,8-9H2/t11-,12-/m0/s1. The topological polar surface area (TPSA) is 43.1 Å². The van der Waals surface area contributed by atoms with E-state index in [1.807, 2.05) is 30.3 Å². The maximum atomic E-state index is 10.9. The lowest BCUT2D eigenvalue weighted by Crippen LogP contribution is -2.30. The molecule has 3 heteroatoms. The van der Waals surface area contributed by atoms with Gasteiger partial charge >= 0.3 is 0 Å². The summed E-state index contributed by atoms with van der Waals surface area (Å²) in [5, 5.41) is 10.9. The van der Waals surface area contributed by atoms with Crippen LogP contribution in [-0.4, -0.2) is 11.0 Å². The summed E-state index contributed by atoms with van der Waals surface area (Å²) in [5.74, 6) is 0.120. The monoisotopic (exact) mass is 205 g/mol. The molecule has 3 nitrogen and oxygen atoms in total. The molecule has 80 valence electrons. The molecule has 15 heavy (non-hydrogen) atoms. The van der Waals surface area contributed by atoms with Gasteiger partial charge in [0, 0.05) is 11.3 Å². The Bertz CT molecular complexity index is 337. The normalized spacial score (nSPS) is 26.1. The van der Waals surface area contributed by atoms with Crippen molar-refractivity contribution in [2.45, 2.75) is 37.6 Å². The van der Waals surface area contributed by atoms with E-state index in [0.717, 1.165) is 31.2 Å². The summed E-state index contributed by atoms with van der Waals surface area (Å²) >= 11 is 0. The minimum Gasteiger partial charge on any atom is -0.264 e. The third-order valence-electron chi connectivity index (χ3n) is 3.23. The molecule has 2 atom stereocenters. The molecule has 2 rings (SSSR count). The first-order valence-electron chi connectivity index (χ1n) is 5.47. The molecular weight excluding hydrogens is 190 g/mol. The number of hydrogen-bond acceptors (Lipinski definition) is 2. The van der Waals surface area contributed by atoms with Crippen LogP contribution >= 0.6 is 0 Å². The number of benzene rings is 1. The van der Waals surface area contributed by atoms with Gasteiger partial charge in [-0.3, -0.25) is 10.1 Å². The first-order chi connectivity index (χ1) is 7.29. The van der Waals surface area contributed by atoms with Crippen LogP contribution in [0, 0.1) is 10.1 Å². The fourth-order valence-corrected chi connectivity index (χ4v) is 2.45. The molecule has 0 N–H and O–H groups in total. The van der Waals surface area contributed by atoms with Crippen molar-refractivity contribution in [3.8, 4) is 0 Å². The highest BCUT2D eigenvalue weighted by Gasteiger charge is 2.34. The Morgan fingerprint density at radius 2 is 1.80 bits per heavy atom. The molecule has 0 bridgehead atoms. The average Bonchev–Trinajstić information content (AvgIpc) is 2.30. The molecular formula is C12H15NO2. The van der Waals surface area contributed by atoms with Gasteiger partial charge in [-0.15, -0.1) is 0 Å². The molecule has 1 saturated carbocycles. The molecule has 0 heterocycles. The molecule has 0 amide bonds. The van der Waals surface area contributed by atoms with Crippen LogP contribution in [0.4, 0.5) is 0 Å². The van der Waals surface area contributed by atoms with E-state index < -0.39 is 0 Å². The predicted molar refractivity (Wildman–Crippen MR) is 58.4 cm³/mol. The molecule has 0 radical (unpaired) electrons. The minimum atomic E-state index is -0.374. The molecule has 1 fully saturated rings. The van der Waals surface area contributed by atoms with Gasteiger partial charge in [-0.2, -0.15) is 0 Å². The van der Waals surface area contributed by atoms with E-state index in [-0.39, 0.29) is 16.9 Å². The lowest BCUT2D eigenvalue weighted by Gasteiger charge is -2.25. The van der Waals surface area contributed by atoms with Crippen molar-refractivity contribution in [2.24, 2.45) is 0 Å². The van der Waals surface area contributed by atoms with Crippen molar-refractivity contribution in [2.75, 3.05) is 0 Å². The SMILES string of the molecule is O=[N+]([O-])[C@H]1CCCC[C@H]1c1ccccc1. The number of rotatable bonds is 2. The summed E-state index contributed by atoms with van der Waals surface area (Å²) in [6.07, 6.45) is 3.79. The van der Waals surface area contributed by atoms with Crippen molar-refractivity contribution in [1.29, 1.82) is 0 Å². The summed E-state index contributed by atoms with van der Waals surface area (Å²) in [4.78, 5) is 10.8. The highest BCUT2D eigenvalue weighted by Crippen LogP contribution is 2.34. The predicted octanol–water partition coefficient (Wildman–Crippen LogP) is 2.99. The third-order valence-corrected chi connectivity index (χ3v) is 3.23. The van der Waals surface area contributed by atoms with Crippen LogP contribution in [0.1, 0.15) is 37.2 Å². The van der Waals surface area contributed by atoms with Gasteiger partial charge in [0.05, 0.1) is 5.92 Å². The summed E-state index contributed by atoms with van der Waals surface area (Å²) < 4.78 is 0. The van der Waals surface area contributed by atoms with Crippen molar-refractivity contribution < 1.29 is 4.92 Å². The van der Waals surface area contributed by atoms with Crippen LogP contribution in [-0.2, 0) is 0 Å². The maximum Gasteiger partial charge on any atom is 0.219 e. The van der Waals surface area contributed by atoms with E-state index >= 15 is 0 Å². The van der Waals surface area contributed by atoms with E-state index in [1.54, 1.807) is 0 Å². The number of hydrogen-bond donors (Lipinski definition) is 0.